The van der Waals surface area contributed by atoms with Crippen molar-refractivity contribution in [1.82, 2.24) is 0 Å². The minimum absolute atomic E-state index is 0.551. The molecule has 0 saturated carbocycles. The minimum Gasteiger partial charge on any atom is -0.376 e. The molecule has 1 N–H and O–H groups in total. The van der Waals surface area contributed by atoms with E-state index in [1.54, 1.807) is 13.0 Å². The summed E-state index contributed by atoms with van der Waals surface area (Å²) < 4.78 is 95.9. The highest BCUT2D eigenvalue weighted by Crippen LogP contribution is 2.36. The summed E-state index contributed by atoms with van der Waals surface area (Å²) in [6.07, 6.45) is -9.01. The predicted molar refractivity (Wildman–Crippen MR) is 93.7 cm³/mol. The maximum atomic E-state index is 12.4. The average molecular weight is 419 g/mol. The van der Waals surface area contributed by atoms with E-state index in [4.69, 9.17) is 0 Å². The van der Waals surface area contributed by atoms with E-state index in [9.17, 15) is 35.1 Å². The van der Waals surface area contributed by atoms with Crippen molar-refractivity contribution in [2.75, 3.05) is 18.9 Å². The zero-order valence-electron chi connectivity index (χ0n) is 15.9. The Labute approximate surface area is 157 Å². The molecular weight excluding hydrogens is 398 g/mol. The number of aliphatic imine (C=N–C) groups is 2. The Hall–Kier alpha value is -2.20. The van der Waals surface area contributed by atoms with Crippen LogP contribution in [0.5, 0.6) is 0 Å². The maximum absolute atomic E-state index is 12.4. The van der Waals surface area contributed by atoms with E-state index in [0.29, 0.717) is 5.69 Å². The monoisotopic (exact) mass is 419 g/mol. The molecule has 0 aliphatic heterocycles. The molecule has 28 heavy (non-hydrogen) atoms. The van der Waals surface area contributed by atoms with Gasteiger partial charge in [0.2, 0.25) is 5.84 Å². The first-order valence-electron chi connectivity index (χ1n) is 7.85. The zero-order valence-corrected chi connectivity index (χ0v) is 15.9. The highest BCUT2D eigenvalue weighted by Gasteiger charge is 2.61. The van der Waals surface area contributed by atoms with E-state index in [1.807, 2.05) is 19.9 Å². The van der Waals surface area contributed by atoms with Crippen molar-refractivity contribution >= 4 is 17.7 Å². The lowest BCUT2D eigenvalue weighted by molar-refractivity contribution is -0.249. The third kappa shape index (κ3) is 7.81. The second kappa shape index (κ2) is 9.83. The van der Waals surface area contributed by atoms with Crippen LogP contribution in [0, 0.1) is 20.8 Å². The molecule has 0 aliphatic carbocycles. The second-order valence-electron chi connectivity index (χ2n) is 5.73. The highest BCUT2D eigenvalue weighted by molar-refractivity contribution is 5.95. The number of aryl methyl sites for hydroxylation is 3. The third-order valence-corrected chi connectivity index (χ3v) is 3.42. The van der Waals surface area contributed by atoms with Gasteiger partial charge in [-0.2, -0.15) is 35.1 Å². The first-order chi connectivity index (χ1) is 12.6. The molecule has 11 heteroatoms. The van der Waals surface area contributed by atoms with Crippen LogP contribution in [0.3, 0.4) is 0 Å². The van der Waals surface area contributed by atoms with Gasteiger partial charge in [0.05, 0.1) is 0 Å². The predicted octanol–water partition coefficient (Wildman–Crippen LogP) is 5.89. The number of hydrogen-bond donors (Lipinski definition) is 1. The summed E-state index contributed by atoms with van der Waals surface area (Å²) >= 11 is 0. The van der Waals surface area contributed by atoms with E-state index >= 15 is 0 Å². The van der Waals surface area contributed by atoms with Crippen molar-refractivity contribution in [3.63, 3.8) is 0 Å². The molecule has 0 bridgehead atoms. The standard InChI is InChI=1S/C11H14F3N.C6H7F5N2/c1-7-4-9(3)10(5-8(7)2)15-6-11(12,13)14;1-3-13-4(12-2)5(7,8)6(9,10)11/h4-5,15H,6H2,1-3H3;3H,1-2H3. The number of amidine groups is 1. The van der Waals surface area contributed by atoms with Crippen LogP contribution in [-0.2, 0) is 0 Å². The maximum Gasteiger partial charge on any atom is 0.461 e. The lowest BCUT2D eigenvalue weighted by atomic mass is 10.1. The van der Waals surface area contributed by atoms with Gasteiger partial charge in [0.1, 0.15) is 6.54 Å². The molecule has 0 radical (unpaired) electrons. The summed E-state index contributed by atoms with van der Waals surface area (Å²) in [5, 5.41) is 2.40. The van der Waals surface area contributed by atoms with E-state index < -0.39 is 30.7 Å². The molecule has 0 atom stereocenters. The highest BCUT2D eigenvalue weighted by atomic mass is 19.4. The van der Waals surface area contributed by atoms with E-state index in [1.165, 1.54) is 6.92 Å². The van der Waals surface area contributed by atoms with Crippen LogP contribution in [0.1, 0.15) is 23.6 Å². The summed E-state index contributed by atoms with van der Waals surface area (Å²) in [6, 6.07) is 3.63. The molecule has 0 spiro atoms. The number of halogens is 8. The number of anilines is 1. The van der Waals surface area contributed by atoms with Gasteiger partial charge in [0.25, 0.3) is 0 Å². The number of alkyl halides is 8. The normalized spacial score (nSPS) is 13.4. The molecule has 0 saturated heterocycles. The summed E-state index contributed by atoms with van der Waals surface area (Å²) in [6.45, 7) is 5.85. The summed E-state index contributed by atoms with van der Waals surface area (Å²) in [5.41, 5.74) is 3.47. The Kier molecular flexibility index (Phi) is 9.06. The van der Waals surface area contributed by atoms with Crippen molar-refractivity contribution in [2.24, 2.45) is 9.98 Å². The van der Waals surface area contributed by atoms with E-state index in [-0.39, 0.29) is 0 Å². The summed E-state index contributed by atoms with van der Waals surface area (Å²) in [5.74, 6) is -6.53. The topological polar surface area (TPSA) is 36.8 Å². The fraction of sp³-hybridized carbons (Fsp3) is 0.529. The molecule has 0 fully saturated rings. The number of benzene rings is 1. The van der Waals surface area contributed by atoms with Crippen LogP contribution >= 0.6 is 0 Å². The Balaban J connectivity index is 0.000000528. The van der Waals surface area contributed by atoms with Gasteiger partial charge >= 0.3 is 18.3 Å². The fourth-order valence-electron chi connectivity index (χ4n) is 1.87. The summed E-state index contributed by atoms with van der Waals surface area (Å²) in [7, 11) is 0.821. The minimum atomic E-state index is -5.66. The number of nitrogens with zero attached hydrogens (tertiary/aromatic N) is 2. The van der Waals surface area contributed by atoms with Crippen LogP contribution in [0.4, 0.5) is 40.8 Å². The molecule has 0 heterocycles. The van der Waals surface area contributed by atoms with Crippen LogP contribution in [0.2, 0.25) is 0 Å². The number of nitrogens with one attached hydrogen (secondary N) is 1. The van der Waals surface area contributed by atoms with Crippen LogP contribution in [0.25, 0.3) is 0 Å². The third-order valence-electron chi connectivity index (χ3n) is 3.42. The van der Waals surface area contributed by atoms with Gasteiger partial charge in [-0.05, 0) is 50.5 Å². The average Bonchev–Trinajstić information content (AvgIpc) is 2.53. The first kappa shape index (κ1) is 25.8. The lowest BCUT2D eigenvalue weighted by Crippen LogP contribution is -2.43. The number of hydrogen-bond acceptors (Lipinski definition) is 2. The van der Waals surface area contributed by atoms with Gasteiger partial charge in [-0.1, -0.05) is 6.07 Å². The second-order valence-corrected chi connectivity index (χ2v) is 5.73. The van der Waals surface area contributed by atoms with E-state index in [0.717, 1.165) is 30.0 Å². The van der Waals surface area contributed by atoms with Crippen molar-refractivity contribution < 1.29 is 35.1 Å². The molecule has 3 nitrogen and oxygen atoms in total. The molecular formula is C17H21F8N3. The van der Waals surface area contributed by atoms with Crippen molar-refractivity contribution in [1.29, 1.82) is 0 Å². The molecule has 0 amide bonds. The van der Waals surface area contributed by atoms with Crippen molar-refractivity contribution in [3.05, 3.63) is 28.8 Å². The van der Waals surface area contributed by atoms with Crippen molar-refractivity contribution in [2.45, 2.75) is 46.0 Å². The zero-order chi connectivity index (χ0) is 22.3. The molecule has 160 valence electrons. The van der Waals surface area contributed by atoms with Gasteiger partial charge in [0.15, 0.2) is 0 Å². The van der Waals surface area contributed by atoms with Gasteiger partial charge in [-0.25, -0.2) is 4.99 Å². The van der Waals surface area contributed by atoms with Gasteiger partial charge in [0, 0.05) is 18.9 Å². The van der Waals surface area contributed by atoms with Gasteiger partial charge < -0.3 is 5.32 Å². The summed E-state index contributed by atoms with van der Waals surface area (Å²) in [4.78, 5) is 5.60. The van der Waals surface area contributed by atoms with Gasteiger partial charge in [-0.15, -0.1) is 0 Å². The number of rotatable bonds is 3. The van der Waals surface area contributed by atoms with Crippen molar-refractivity contribution in [3.8, 4) is 0 Å². The van der Waals surface area contributed by atoms with E-state index in [2.05, 4.69) is 15.3 Å². The molecule has 0 aliphatic rings. The molecule has 1 aromatic rings. The first-order valence-corrected chi connectivity index (χ1v) is 7.85. The Morgan fingerprint density at radius 2 is 1.43 bits per heavy atom. The van der Waals surface area contributed by atoms with Crippen LogP contribution in [-0.4, -0.2) is 43.9 Å². The Morgan fingerprint density at radius 1 is 0.929 bits per heavy atom. The lowest BCUT2D eigenvalue weighted by Gasteiger charge is -2.18. The molecule has 0 unspecified atom stereocenters. The Morgan fingerprint density at radius 3 is 1.82 bits per heavy atom. The largest absolute Gasteiger partial charge is 0.461 e. The fourth-order valence-corrected chi connectivity index (χ4v) is 1.87. The molecule has 1 rings (SSSR count). The molecule has 0 aromatic heterocycles. The quantitative estimate of drug-likeness (QED) is 0.370. The Bertz CT molecular complexity index is 704. The smallest absolute Gasteiger partial charge is 0.376 e. The molecule has 1 aromatic carbocycles. The van der Waals surface area contributed by atoms with Gasteiger partial charge in [-0.3, -0.25) is 4.99 Å². The van der Waals surface area contributed by atoms with Crippen LogP contribution in [0.15, 0.2) is 22.1 Å². The SMILES string of the molecule is CC=NC(=NC)C(F)(F)C(F)(F)F.Cc1cc(C)c(NCC(F)(F)F)cc1C. The van der Waals surface area contributed by atoms with Crippen LogP contribution < -0.4 is 5.32 Å².